The molecule has 4 rings (SSSR count). The fourth-order valence-electron chi connectivity index (χ4n) is 3.54. The maximum absolute atomic E-state index is 13.7. The number of aryl methyl sites for hydroxylation is 1. The van der Waals surface area contributed by atoms with Crippen LogP contribution >= 0.6 is 15.9 Å². The normalized spacial score (nSPS) is 16.4. The zero-order valence-electron chi connectivity index (χ0n) is 15.2. The maximum atomic E-state index is 13.7. The van der Waals surface area contributed by atoms with E-state index in [9.17, 15) is 9.18 Å². The summed E-state index contributed by atoms with van der Waals surface area (Å²) in [6.07, 6.45) is 2.53. The molecule has 1 unspecified atom stereocenters. The first kappa shape index (κ1) is 17.9. The molecule has 1 aromatic carbocycles. The number of hydrogen-bond donors (Lipinski definition) is 1. The van der Waals surface area contributed by atoms with Crippen molar-refractivity contribution in [2.75, 3.05) is 4.90 Å². The van der Waals surface area contributed by atoms with E-state index in [0.717, 1.165) is 23.2 Å². The fraction of sp³-hybridized carbons (Fsp3) is 0.316. The van der Waals surface area contributed by atoms with E-state index in [-0.39, 0.29) is 11.7 Å². The molecule has 8 heteroatoms. The highest BCUT2D eigenvalue weighted by atomic mass is 79.9. The van der Waals surface area contributed by atoms with Crippen LogP contribution in [-0.2, 0) is 13.5 Å². The van der Waals surface area contributed by atoms with Crippen molar-refractivity contribution >= 4 is 27.7 Å². The van der Waals surface area contributed by atoms with Gasteiger partial charge in [0.05, 0.1) is 11.7 Å². The van der Waals surface area contributed by atoms with Crippen LogP contribution in [0, 0.1) is 11.7 Å². The highest BCUT2D eigenvalue weighted by Gasteiger charge is 2.44. The Morgan fingerprint density at radius 3 is 2.74 bits per heavy atom. The summed E-state index contributed by atoms with van der Waals surface area (Å²) < 4.78 is 15.9. The zero-order chi connectivity index (χ0) is 19.3. The molecule has 1 amide bonds. The Hall–Kier alpha value is -2.48. The van der Waals surface area contributed by atoms with Crippen molar-refractivity contribution in [2.45, 2.75) is 26.3 Å². The number of hydrogen-bond acceptors (Lipinski definition) is 3. The van der Waals surface area contributed by atoms with Gasteiger partial charge in [-0.1, -0.05) is 35.8 Å². The van der Waals surface area contributed by atoms with Gasteiger partial charge < -0.3 is 0 Å². The van der Waals surface area contributed by atoms with E-state index in [1.165, 1.54) is 12.1 Å². The van der Waals surface area contributed by atoms with Gasteiger partial charge in [0.25, 0.3) is 5.91 Å². The SMILES string of the molecule is CC(C)Cc1n[nH]c2c1C(c1ccc(F)cc1Br)N(c1ccn(C)n1)C2=O. The smallest absolute Gasteiger partial charge is 0.278 e. The Morgan fingerprint density at radius 2 is 2.11 bits per heavy atom. The largest absolute Gasteiger partial charge is 0.278 e. The van der Waals surface area contributed by atoms with E-state index in [0.29, 0.717) is 21.9 Å². The molecule has 1 atom stereocenters. The van der Waals surface area contributed by atoms with E-state index in [2.05, 4.69) is 45.1 Å². The predicted molar refractivity (Wildman–Crippen MR) is 103 cm³/mol. The van der Waals surface area contributed by atoms with Crippen molar-refractivity contribution in [3.8, 4) is 0 Å². The highest BCUT2D eigenvalue weighted by Crippen LogP contribution is 2.44. The van der Waals surface area contributed by atoms with Crippen LogP contribution in [-0.4, -0.2) is 25.9 Å². The van der Waals surface area contributed by atoms with Crippen LogP contribution in [0.1, 0.15) is 47.2 Å². The van der Waals surface area contributed by atoms with Gasteiger partial charge in [-0.2, -0.15) is 10.2 Å². The minimum Gasteiger partial charge on any atom is -0.278 e. The summed E-state index contributed by atoms with van der Waals surface area (Å²) in [5.74, 6) is 0.402. The van der Waals surface area contributed by atoms with Gasteiger partial charge in [0.2, 0.25) is 0 Å². The second-order valence-corrected chi connectivity index (χ2v) is 8.00. The summed E-state index contributed by atoms with van der Waals surface area (Å²) in [5, 5.41) is 11.7. The minimum absolute atomic E-state index is 0.188. The molecule has 27 heavy (non-hydrogen) atoms. The monoisotopic (exact) mass is 431 g/mol. The molecule has 0 bridgehead atoms. The fourth-order valence-corrected chi connectivity index (χ4v) is 4.11. The molecule has 1 N–H and O–H groups in total. The number of rotatable bonds is 4. The van der Waals surface area contributed by atoms with Gasteiger partial charge in [-0.3, -0.25) is 19.5 Å². The molecule has 1 aliphatic rings. The van der Waals surface area contributed by atoms with Crippen LogP contribution in [0.4, 0.5) is 10.2 Å². The first-order chi connectivity index (χ1) is 12.9. The number of aromatic nitrogens is 4. The summed E-state index contributed by atoms with van der Waals surface area (Å²) in [4.78, 5) is 14.8. The number of carbonyl (C=O) groups is 1. The van der Waals surface area contributed by atoms with Crippen LogP contribution < -0.4 is 4.90 Å². The molecule has 0 saturated heterocycles. The first-order valence-electron chi connectivity index (χ1n) is 8.72. The van der Waals surface area contributed by atoms with Gasteiger partial charge in [0.1, 0.15) is 11.5 Å². The van der Waals surface area contributed by atoms with Crippen LogP contribution in [0.5, 0.6) is 0 Å². The zero-order valence-corrected chi connectivity index (χ0v) is 16.8. The second-order valence-electron chi connectivity index (χ2n) is 7.15. The van der Waals surface area contributed by atoms with Gasteiger partial charge in [-0.05, 0) is 30.0 Å². The molecule has 2 aromatic heterocycles. The summed E-state index contributed by atoms with van der Waals surface area (Å²) in [6.45, 7) is 4.22. The number of benzene rings is 1. The molecule has 0 radical (unpaired) electrons. The Bertz CT molecular complexity index is 1030. The predicted octanol–water partition coefficient (Wildman–Crippen LogP) is 3.99. The minimum atomic E-state index is -0.426. The molecule has 0 spiro atoms. The van der Waals surface area contributed by atoms with Crippen molar-refractivity contribution in [2.24, 2.45) is 13.0 Å². The molecular formula is C19H19BrFN5O. The number of aromatic amines is 1. The molecule has 3 heterocycles. The first-order valence-corrected chi connectivity index (χ1v) is 9.51. The van der Waals surface area contributed by atoms with Gasteiger partial charge in [-0.25, -0.2) is 4.39 Å². The van der Waals surface area contributed by atoms with E-state index in [4.69, 9.17) is 0 Å². The number of halogens is 2. The Morgan fingerprint density at radius 1 is 1.33 bits per heavy atom. The lowest BCUT2D eigenvalue weighted by molar-refractivity contribution is 0.0988. The topological polar surface area (TPSA) is 66.8 Å². The number of fused-ring (bicyclic) bond motifs is 1. The van der Waals surface area contributed by atoms with Gasteiger partial charge in [0, 0.05) is 29.3 Å². The van der Waals surface area contributed by atoms with E-state index >= 15 is 0 Å². The Balaban J connectivity index is 1.92. The quantitative estimate of drug-likeness (QED) is 0.678. The molecule has 3 aromatic rings. The molecular weight excluding hydrogens is 413 g/mol. The van der Waals surface area contributed by atoms with Crippen molar-refractivity contribution in [3.05, 3.63) is 63.3 Å². The van der Waals surface area contributed by atoms with Gasteiger partial charge in [-0.15, -0.1) is 0 Å². The third-order valence-corrected chi connectivity index (χ3v) is 5.34. The molecule has 1 aliphatic heterocycles. The lowest BCUT2D eigenvalue weighted by atomic mass is 9.95. The standard InChI is InChI=1S/C19H19BrFN5O/c1-10(2)8-14-16-17(23-22-14)19(27)26(15-6-7-25(3)24-15)18(16)12-5-4-11(21)9-13(12)20/h4-7,9-10,18H,8H2,1-3H3,(H,22,23). The summed E-state index contributed by atoms with van der Waals surface area (Å²) >= 11 is 3.46. The van der Waals surface area contributed by atoms with Crippen molar-refractivity contribution in [1.29, 1.82) is 0 Å². The lowest BCUT2D eigenvalue weighted by Gasteiger charge is -2.25. The van der Waals surface area contributed by atoms with Crippen LogP contribution in [0.3, 0.4) is 0 Å². The maximum Gasteiger partial charge on any atom is 0.278 e. The Labute approximate surface area is 164 Å². The average Bonchev–Trinajstić information content (AvgIpc) is 3.25. The third kappa shape index (κ3) is 2.97. The second kappa shape index (κ2) is 6.60. The summed E-state index contributed by atoms with van der Waals surface area (Å²) in [5.41, 5.74) is 2.96. The van der Waals surface area contributed by atoms with Crippen LogP contribution in [0.15, 0.2) is 34.9 Å². The number of nitrogens with zero attached hydrogens (tertiary/aromatic N) is 4. The van der Waals surface area contributed by atoms with Gasteiger partial charge in [0.15, 0.2) is 5.82 Å². The average molecular weight is 432 g/mol. The van der Waals surface area contributed by atoms with Crippen molar-refractivity contribution in [1.82, 2.24) is 20.0 Å². The lowest BCUT2D eigenvalue weighted by Crippen LogP contribution is -2.30. The highest BCUT2D eigenvalue weighted by molar-refractivity contribution is 9.10. The molecule has 6 nitrogen and oxygen atoms in total. The number of anilines is 1. The molecule has 0 saturated carbocycles. The third-order valence-electron chi connectivity index (χ3n) is 4.65. The van der Waals surface area contributed by atoms with Crippen molar-refractivity contribution in [3.63, 3.8) is 0 Å². The molecule has 0 aliphatic carbocycles. The number of H-pyrrole nitrogens is 1. The van der Waals surface area contributed by atoms with Gasteiger partial charge >= 0.3 is 0 Å². The summed E-state index contributed by atoms with van der Waals surface area (Å²) in [7, 11) is 1.80. The number of amides is 1. The summed E-state index contributed by atoms with van der Waals surface area (Å²) in [6, 6.07) is 5.89. The van der Waals surface area contributed by atoms with Crippen LogP contribution in [0.2, 0.25) is 0 Å². The van der Waals surface area contributed by atoms with E-state index < -0.39 is 6.04 Å². The van der Waals surface area contributed by atoms with Crippen molar-refractivity contribution < 1.29 is 9.18 Å². The van der Waals surface area contributed by atoms with Crippen LogP contribution in [0.25, 0.3) is 0 Å². The number of nitrogens with one attached hydrogen (secondary N) is 1. The van der Waals surface area contributed by atoms with E-state index in [1.807, 2.05) is 0 Å². The molecule has 140 valence electrons. The Kier molecular flexibility index (Phi) is 4.38. The number of carbonyl (C=O) groups excluding carboxylic acids is 1. The molecule has 0 fully saturated rings. The van der Waals surface area contributed by atoms with E-state index in [1.54, 1.807) is 35.0 Å².